The third-order valence-electron chi connectivity index (χ3n) is 2.99. The van der Waals surface area contributed by atoms with Crippen LogP contribution >= 0.6 is 0 Å². The van der Waals surface area contributed by atoms with Gasteiger partial charge in [0, 0.05) is 24.0 Å². The zero-order valence-corrected chi connectivity index (χ0v) is 10.9. The van der Waals surface area contributed by atoms with E-state index < -0.39 is 0 Å². The number of nitrogens with two attached hydrogens (primary N) is 1. The number of anilines is 2. The van der Waals surface area contributed by atoms with Crippen LogP contribution in [0, 0.1) is 12.7 Å². The molecule has 0 aliphatic rings. The van der Waals surface area contributed by atoms with Gasteiger partial charge in [-0.25, -0.2) is 4.39 Å². The lowest BCUT2D eigenvalue weighted by Crippen LogP contribution is -2.26. The Morgan fingerprint density at radius 1 is 1.16 bits per heavy atom. The zero-order chi connectivity index (χ0) is 14.0. The monoisotopic (exact) mass is 258 g/mol. The SMILES string of the molecule is Cc1cc(C(=O)N(C)c2ccc(N)cc2)ccc1F. The molecule has 0 bridgehead atoms. The number of carbonyl (C=O) groups is 1. The van der Waals surface area contributed by atoms with Crippen molar-refractivity contribution in [3.63, 3.8) is 0 Å². The Labute approximate surface area is 111 Å². The molecule has 19 heavy (non-hydrogen) atoms. The third kappa shape index (κ3) is 2.73. The molecule has 0 atom stereocenters. The molecule has 0 unspecified atom stereocenters. The molecule has 0 fully saturated rings. The van der Waals surface area contributed by atoms with Gasteiger partial charge in [-0.15, -0.1) is 0 Å². The molecule has 2 aromatic rings. The van der Waals surface area contributed by atoms with Crippen molar-refractivity contribution in [2.75, 3.05) is 17.7 Å². The first-order valence-corrected chi connectivity index (χ1v) is 5.89. The van der Waals surface area contributed by atoms with Crippen molar-refractivity contribution in [3.05, 3.63) is 59.4 Å². The Hall–Kier alpha value is -2.36. The fourth-order valence-electron chi connectivity index (χ4n) is 1.79. The summed E-state index contributed by atoms with van der Waals surface area (Å²) in [5.74, 6) is -0.500. The van der Waals surface area contributed by atoms with Crippen LogP contribution in [0.5, 0.6) is 0 Å². The van der Waals surface area contributed by atoms with Gasteiger partial charge in [0.1, 0.15) is 5.82 Å². The minimum atomic E-state index is -0.313. The van der Waals surface area contributed by atoms with E-state index in [-0.39, 0.29) is 11.7 Å². The first kappa shape index (κ1) is 13.1. The lowest BCUT2D eigenvalue weighted by atomic mass is 10.1. The topological polar surface area (TPSA) is 46.3 Å². The van der Waals surface area contributed by atoms with Crippen LogP contribution in [0.3, 0.4) is 0 Å². The molecule has 0 aromatic heterocycles. The second-order valence-corrected chi connectivity index (χ2v) is 4.42. The lowest BCUT2D eigenvalue weighted by Gasteiger charge is -2.17. The van der Waals surface area contributed by atoms with Crippen LogP contribution in [0.15, 0.2) is 42.5 Å². The van der Waals surface area contributed by atoms with Gasteiger partial charge in [0.15, 0.2) is 0 Å². The molecule has 4 heteroatoms. The predicted octanol–water partition coefficient (Wildman–Crippen LogP) is 2.99. The molecule has 1 amide bonds. The summed E-state index contributed by atoms with van der Waals surface area (Å²) in [6, 6.07) is 11.3. The summed E-state index contributed by atoms with van der Waals surface area (Å²) in [4.78, 5) is 13.8. The summed E-state index contributed by atoms with van der Waals surface area (Å²) in [5, 5.41) is 0. The van der Waals surface area contributed by atoms with Crippen molar-refractivity contribution in [2.24, 2.45) is 0 Å². The van der Waals surface area contributed by atoms with Gasteiger partial charge in [-0.3, -0.25) is 4.79 Å². The summed E-state index contributed by atoms with van der Waals surface area (Å²) in [6.07, 6.45) is 0. The number of benzene rings is 2. The highest BCUT2D eigenvalue weighted by Crippen LogP contribution is 2.18. The number of carbonyl (C=O) groups excluding carboxylic acids is 1. The number of rotatable bonds is 2. The molecule has 0 saturated carbocycles. The highest BCUT2D eigenvalue weighted by Gasteiger charge is 2.14. The first-order valence-electron chi connectivity index (χ1n) is 5.89. The largest absolute Gasteiger partial charge is 0.399 e. The highest BCUT2D eigenvalue weighted by molar-refractivity contribution is 6.05. The van der Waals surface area contributed by atoms with Crippen LogP contribution in [0.4, 0.5) is 15.8 Å². The van der Waals surface area contributed by atoms with E-state index in [4.69, 9.17) is 5.73 Å². The van der Waals surface area contributed by atoms with E-state index in [1.807, 2.05) is 0 Å². The molecule has 0 aliphatic heterocycles. The summed E-state index contributed by atoms with van der Waals surface area (Å²) in [7, 11) is 1.67. The van der Waals surface area contributed by atoms with Crippen molar-refractivity contribution in [3.8, 4) is 0 Å². The molecule has 0 saturated heterocycles. The maximum absolute atomic E-state index is 13.2. The number of hydrogen-bond acceptors (Lipinski definition) is 2. The summed E-state index contributed by atoms with van der Waals surface area (Å²) >= 11 is 0. The van der Waals surface area contributed by atoms with Gasteiger partial charge in [0.2, 0.25) is 0 Å². The fraction of sp³-hybridized carbons (Fsp3) is 0.133. The third-order valence-corrected chi connectivity index (χ3v) is 2.99. The van der Waals surface area contributed by atoms with E-state index in [0.717, 1.165) is 5.69 Å². The van der Waals surface area contributed by atoms with Crippen LogP contribution in [0.1, 0.15) is 15.9 Å². The van der Waals surface area contributed by atoms with E-state index >= 15 is 0 Å². The summed E-state index contributed by atoms with van der Waals surface area (Å²) in [6.45, 7) is 1.63. The number of nitrogens with zero attached hydrogens (tertiary/aromatic N) is 1. The first-order chi connectivity index (χ1) is 8.99. The summed E-state index contributed by atoms with van der Waals surface area (Å²) < 4.78 is 13.2. The average molecular weight is 258 g/mol. The molecule has 2 rings (SSSR count). The van der Waals surface area contributed by atoms with Gasteiger partial charge in [-0.1, -0.05) is 0 Å². The Bertz CT molecular complexity index is 608. The Morgan fingerprint density at radius 3 is 2.37 bits per heavy atom. The van der Waals surface area contributed by atoms with Crippen molar-refractivity contribution in [1.82, 2.24) is 0 Å². The van der Waals surface area contributed by atoms with Gasteiger partial charge in [0.25, 0.3) is 5.91 Å². The zero-order valence-electron chi connectivity index (χ0n) is 10.9. The number of amides is 1. The highest BCUT2D eigenvalue weighted by atomic mass is 19.1. The molecule has 0 heterocycles. The molecule has 98 valence electrons. The predicted molar refractivity (Wildman–Crippen MR) is 74.7 cm³/mol. The number of halogens is 1. The van der Waals surface area contributed by atoms with Gasteiger partial charge in [0.05, 0.1) is 0 Å². The molecule has 0 radical (unpaired) electrons. The van der Waals surface area contributed by atoms with E-state index in [9.17, 15) is 9.18 Å². The molecule has 0 aliphatic carbocycles. The van der Waals surface area contributed by atoms with Crippen molar-refractivity contribution in [1.29, 1.82) is 0 Å². The normalized spacial score (nSPS) is 10.3. The van der Waals surface area contributed by atoms with E-state index in [1.54, 1.807) is 44.3 Å². The van der Waals surface area contributed by atoms with Crippen molar-refractivity contribution < 1.29 is 9.18 Å². The van der Waals surface area contributed by atoms with E-state index in [1.165, 1.54) is 17.0 Å². The second kappa shape index (κ2) is 5.10. The maximum atomic E-state index is 13.2. The minimum absolute atomic E-state index is 0.187. The van der Waals surface area contributed by atoms with Crippen LogP contribution in [0.2, 0.25) is 0 Å². The molecule has 0 spiro atoms. The van der Waals surface area contributed by atoms with Crippen LogP contribution in [0.25, 0.3) is 0 Å². The standard InChI is InChI=1S/C15H15FN2O/c1-10-9-11(3-8-14(10)16)15(19)18(2)13-6-4-12(17)5-7-13/h3-9H,17H2,1-2H3. The molecule has 2 N–H and O–H groups in total. The molecule has 3 nitrogen and oxygen atoms in total. The lowest BCUT2D eigenvalue weighted by molar-refractivity contribution is 0.0993. The molecular formula is C15H15FN2O. The van der Waals surface area contributed by atoms with Crippen molar-refractivity contribution in [2.45, 2.75) is 6.92 Å². The van der Waals surface area contributed by atoms with Crippen molar-refractivity contribution >= 4 is 17.3 Å². The van der Waals surface area contributed by atoms with Gasteiger partial charge in [-0.2, -0.15) is 0 Å². The van der Waals surface area contributed by atoms with E-state index in [0.29, 0.717) is 16.8 Å². The van der Waals surface area contributed by atoms with Crippen LogP contribution < -0.4 is 10.6 Å². The van der Waals surface area contributed by atoms with Gasteiger partial charge >= 0.3 is 0 Å². The number of hydrogen-bond donors (Lipinski definition) is 1. The Kier molecular flexibility index (Phi) is 3.51. The number of nitrogen functional groups attached to an aromatic ring is 1. The maximum Gasteiger partial charge on any atom is 0.258 e. The molecular weight excluding hydrogens is 243 g/mol. The number of aryl methyl sites for hydroxylation is 1. The average Bonchev–Trinajstić information content (AvgIpc) is 2.41. The quantitative estimate of drug-likeness (QED) is 0.842. The van der Waals surface area contributed by atoms with Crippen LogP contribution in [-0.4, -0.2) is 13.0 Å². The van der Waals surface area contributed by atoms with Gasteiger partial charge < -0.3 is 10.6 Å². The fourth-order valence-corrected chi connectivity index (χ4v) is 1.79. The Morgan fingerprint density at radius 2 is 1.79 bits per heavy atom. The summed E-state index contributed by atoms with van der Waals surface area (Å²) in [5.41, 5.74) is 7.90. The Balaban J connectivity index is 2.28. The van der Waals surface area contributed by atoms with Crippen LogP contribution in [-0.2, 0) is 0 Å². The van der Waals surface area contributed by atoms with Gasteiger partial charge in [-0.05, 0) is 55.0 Å². The van der Waals surface area contributed by atoms with E-state index in [2.05, 4.69) is 0 Å². The molecule has 2 aromatic carbocycles. The minimum Gasteiger partial charge on any atom is -0.399 e. The smallest absolute Gasteiger partial charge is 0.258 e. The second-order valence-electron chi connectivity index (χ2n) is 4.42.